The van der Waals surface area contributed by atoms with Crippen molar-refractivity contribution >= 4 is 44.8 Å². The maximum Gasteiger partial charge on any atom is 0.433 e. The lowest BCUT2D eigenvalue weighted by atomic mass is 10.0. The SMILES string of the molecule is O=C(N/N=C/c1ccc([N+](=O)[O-])o1)c1[nH]c2ccc(Br)cc2c1-c1ccccc1. The van der Waals surface area contributed by atoms with E-state index in [0.29, 0.717) is 5.69 Å². The van der Waals surface area contributed by atoms with E-state index in [9.17, 15) is 14.9 Å². The van der Waals surface area contributed by atoms with Crippen LogP contribution in [0.4, 0.5) is 5.88 Å². The molecule has 9 heteroatoms. The van der Waals surface area contributed by atoms with Crippen molar-refractivity contribution in [2.75, 3.05) is 0 Å². The molecule has 0 saturated heterocycles. The van der Waals surface area contributed by atoms with Crippen molar-refractivity contribution < 1.29 is 14.1 Å². The molecule has 2 heterocycles. The molecule has 0 aliphatic rings. The number of furan rings is 1. The number of halogens is 1. The molecule has 0 unspecified atom stereocenters. The van der Waals surface area contributed by atoms with Crippen molar-refractivity contribution in [3.05, 3.63) is 86.7 Å². The smallest absolute Gasteiger partial charge is 0.400 e. The lowest BCUT2D eigenvalue weighted by molar-refractivity contribution is -0.402. The van der Waals surface area contributed by atoms with E-state index in [1.54, 1.807) is 0 Å². The van der Waals surface area contributed by atoms with Gasteiger partial charge in [0.1, 0.15) is 10.6 Å². The second kappa shape index (κ2) is 7.72. The minimum Gasteiger partial charge on any atom is -0.400 e. The number of fused-ring (bicyclic) bond motifs is 1. The summed E-state index contributed by atoms with van der Waals surface area (Å²) in [5, 5.41) is 15.4. The molecule has 0 spiro atoms. The Bertz CT molecular complexity index is 1240. The van der Waals surface area contributed by atoms with Gasteiger partial charge in [-0.3, -0.25) is 14.9 Å². The number of carbonyl (C=O) groups is 1. The minimum absolute atomic E-state index is 0.154. The summed E-state index contributed by atoms with van der Waals surface area (Å²) in [7, 11) is 0. The Labute approximate surface area is 172 Å². The van der Waals surface area contributed by atoms with E-state index in [1.165, 1.54) is 18.3 Å². The minimum atomic E-state index is -0.648. The summed E-state index contributed by atoms with van der Waals surface area (Å²) in [5.41, 5.74) is 5.23. The number of nitrogens with one attached hydrogen (secondary N) is 2. The molecule has 144 valence electrons. The molecule has 2 aromatic carbocycles. The Balaban J connectivity index is 1.66. The van der Waals surface area contributed by atoms with Gasteiger partial charge in [-0.25, -0.2) is 5.43 Å². The van der Waals surface area contributed by atoms with Crippen LogP contribution in [0.1, 0.15) is 16.2 Å². The number of rotatable bonds is 5. The first-order valence-electron chi connectivity index (χ1n) is 8.47. The summed E-state index contributed by atoms with van der Waals surface area (Å²) >= 11 is 3.47. The molecule has 0 atom stereocenters. The molecule has 0 fully saturated rings. The number of amides is 1. The zero-order valence-electron chi connectivity index (χ0n) is 14.8. The fourth-order valence-electron chi connectivity index (χ4n) is 2.96. The molecule has 1 amide bonds. The van der Waals surface area contributed by atoms with E-state index in [0.717, 1.165) is 26.5 Å². The second-order valence-electron chi connectivity index (χ2n) is 6.06. The molecule has 0 aliphatic carbocycles. The predicted molar refractivity (Wildman–Crippen MR) is 112 cm³/mol. The van der Waals surface area contributed by atoms with Crippen LogP contribution in [0.2, 0.25) is 0 Å². The van der Waals surface area contributed by atoms with Gasteiger partial charge < -0.3 is 9.40 Å². The van der Waals surface area contributed by atoms with Gasteiger partial charge in [0.05, 0.1) is 12.3 Å². The first-order chi connectivity index (χ1) is 14.0. The van der Waals surface area contributed by atoms with E-state index >= 15 is 0 Å². The van der Waals surface area contributed by atoms with Crippen molar-refractivity contribution in [2.24, 2.45) is 5.10 Å². The lowest BCUT2D eigenvalue weighted by Gasteiger charge is -2.04. The Morgan fingerprint density at radius 1 is 1.17 bits per heavy atom. The molecule has 0 bridgehead atoms. The number of aromatic nitrogens is 1. The van der Waals surface area contributed by atoms with E-state index in [4.69, 9.17) is 4.42 Å². The van der Waals surface area contributed by atoms with Gasteiger partial charge in [-0.15, -0.1) is 0 Å². The van der Waals surface area contributed by atoms with Gasteiger partial charge in [-0.2, -0.15) is 5.10 Å². The summed E-state index contributed by atoms with van der Waals surface area (Å²) < 4.78 is 5.87. The predicted octanol–water partition coefficient (Wildman–Crippen LogP) is 4.86. The third-order valence-electron chi connectivity index (χ3n) is 4.20. The highest BCUT2D eigenvalue weighted by Gasteiger charge is 2.19. The number of nitro groups is 1. The van der Waals surface area contributed by atoms with Gasteiger partial charge in [0.2, 0.25) is 0 Å². The largest absolute Gasteiger partial charge is 0.433 e. The number of hydrazone groups is 1. The normalized spacial score (nSPS) is 11.2. The van der Waals surface area contributed by atoms with Crippen molar-refractivity contribution in [1.82, 2.24) is 10.4 Å². The summed E-state index contributed by atoms with van der Waals surface area (Å²) in [6.07, 6.45) is 1.20. The lowest BCUT2D eigenvalue weighted by Crippen LogP contribution is -2.18. The van der Waals surface area contributed by atoms with Crippen molar-refractivity contribution in [3.8, 4) is 11.1 Å². The van der Waals surface area contributed by atoms with Crippen LogP contribution in [0.5, 0.6) is 0 Å². The van der Waals surface area contributed by atoms with E-state index < -0.39 is 16.7 Å². The second-order valence-corrected chi connectivity index (χ2v) is 6.98. The first kappa shape index (κ1) is 18.6. The maximum atomic E-state index is 12.8. The standard InChI is InChI=1S/C20H13BrN4O4/c21-13-6-8-16-15(10-13)18(12-4-2-1-3-5-12)19(23-16)20(26)24-22-11-14-7-9-17(29-14)25(27)28/h1-11,23H,(H,24,26)/b22-11+. The zero-order chi connectivity index (χ0) is 20.4. The quantitative estimate of drug-likeness (QED) is 0.255. The van der Waals surface area contributed by atoms with Crippen LogP contribution < -0.4 is 5.43 Å². The van der Waals surface area contributed by atoms with Crippen LogP contribution in [0.3, 0.4) is 0 Å². The summed E-state index contributed by atoms with van der Waals surface area (Å²) in [5.74, 6) is -0.695. The van der Waals surface area contributed by atoms with Crippen LogP contribution in [-0.2, 0) is 0 Å². The van der Waals surface area contributed by atoms with Gasteiger partial charge in [0.15, 0.2) is 5.76 Å². The van der Waals surface area contributed by atoms with Crippen molar-refractivity contribution in [2.45, 2.75) is 0 Å². The van der Waals surface area contributed by atoms with E-state index in [1.807, 2.05) is 48.5 Å². The van der Waals surface area contributed by atoms with Gasteiger partial charge >= 0.3 is 5.88 Å². The van der Waals surface area contributed by atoms with Crippen molar-refractivity contribution in [3.63, 3.8) is 0 Å². The monoisotopic (exact) mass is 452 g/mol. The molecule has 2 aromatic heterocycles. The maximum absolute atomic E-state index is 12.8. The van der Waals surface area contributed by atoms with Gasteiger partial charge in [0, 0.05) is 20.9 Å². The molecule has 0 radical (unpaired) electrons. The van der Waals surface area contributed by atoms with E-state index in [2.05, 4.69) is 31.4 Å². The third kappa shape index (κ3) is 3.81. The Hall–Kier alpha value is -3.72. The van der Waals surface area contributed by atoms with Crippen molar-refractivity contribution in [1.29, 1.82) is 0 Å². The molecule has 0 aliphatic heterocycles. The number of benzene rings is 2. The van der Waals surface area contributed by atoms with E-state index in [-0.39, 0.29) is 5.76 Å². The Morgan fingerprint density at radius 2 is 1.97 bits per heavy atom. The highest BCUT2D eigenvalue weighted by molar-refractivity contribution is 9.10. The number of carbonyl (C=O) groups excluding carboxylic acids is 1. The van der Waals surface area contributed by atoms with Gasteiger partial charge in [-0.1, -0.05) is 46.3 Å². The van der Waals surface area contributed by atoms with Crippen LogP contribution in [-0.4, -0.2) is 22.0 Å². The molecular formula is C20H13BrN4O4. The topological polar surface area (TPSA) is 114 Å². The molecule has 4 rings (SSSR count). The van der Waals surface area contributed by atoms with Crippen LogP contribution >= 0.6 is 15.9 Å². The van der Waals surface area contributed by atoms with Crippen LogP contribution in [0, 0.1) is 10.1 Å². The summed E-state index contributed by atoms with van der Waals surface area (Å²) in [4.78, 5) is 25.9. The molecule has 4 aromatic rings. The average Bonchev–Trinajstić information content (AvgIpc) is 3.33. The molecule has 29 heavy (non-hydrogen) atoms. The number of H-pyrrole nitrogens is 1. The first-order valence-corrected chi connectivity index (χ1v) is 9.26. The third-order valence-corrected chi connectivity index (χ3v) is 4.69. The fraction of sp³-hybridized carbons (Fsp3) is 0. The number of hydrogen-bond donors (Lipinski definition) is 2. The number of nitrogens with zero attached hydrogens (tertiary/aromatic N) is 2. The summed E-state index contributed by atoms with van der Waals surface area (Å²) in [6.45, 7) is 0. The number of hydrogen-bond acceptors (Lipinski definition) is 5. The molecular weight excluding hydrogens is 440 g/mol. The number of aromatic amines is 1. The fourth-order valence-corrected chi connectivity index (χ4v) is 3.32. The molecule has 0 saturated carbocycles. The van der Waals surface area contributed by atoms with Crippen LogP contribution in [0.25, 0.3) is 22.0 Å². The van der Waals surface area contributed by atoms with Crippen LogP contribution in [0.15, 0.2) is 74.7 Å². The molecule has 8 nitrogen and oxygen atoms in total. The summed E-state index contributed by atoms with van der Waals surface area (Å²) in [6, 6.07) is 17.9. The Kier molecular flexibility index (Phi) is 4.96. The van der Waals surface area contributed by atoms with Gasteiger partial charge in [-0.05, 0) is 29.8 Å². The Morgan fingerprint density at radius 3 is 2.69 bits per heavy atom. The molecule has 2 N–H and O–H groups in total. The highest BCUT2D eigenvalue weighted by Crippen LogP contribution is 2.34. The van der Waals surface area contributed by atoms with Gasteiger partial charge in [0.25, 0.3) is 5.91 Å². The average molecular weight is 453 g/mol. The highest BCUT2D eigenvalue weighted by atomic mass is 79.9. The zero-order valence-corrected chi connectivity index (χ0v) is 16.3.